The number of nitrogens with one attached hydrogen (secondary N) is 3. The predicted octanol–water partition coefficient (Wildman–Crippen LogP) is 6.02. The van der Waals surface area contributed by atoms with Crippen LogP contribution in [0.25, 0.3) is 0 Å². The van der Waals surface area contributed by atoms with Gasteiger partial charge in [-0.25, -0.2) is 0 Å². The zero-order valence-electron chi connectivity index (χ0n) is 25.5. The van der Waals surface area contributed by atoms with Gasteiger partial charge in [-0.2, -0.15) is 0 Å². The molecule has 8 unspecified atom stereocenters. The molecule has 4 saturated carbocycles. The first-order valence-electron chi connectivity index (χ1n) is 16.7. The number of amides is 1. The molecule has 0 aromatic carbocycles. The summed E-state index contributed by atoms with van der Waals surface area (Å²) in [6, 6.07) is 0.993. The zero-order valence-corrected chi connectivity index (χ0v) is 25.5. The molecule has 8 atom stereocenters. The molecule has 0 radical (unpaired) electrons. The van der Waals surface area contributed by atoms with E-state index in [1.54, 1.807) is 0 Å². The molecular weight excluding hydrogens is 468 g/mol. The molecule has 38 heavy (non-hydrogen) atoms. The number of nitrogens with two attached hydrogens (primary N) is 1. The normalized spacial score (nSPS) is 38.5. The van der Waals surface area contributed by atoms with Crippen molar-refractivity contribution in [2.45, 2.75) is 136 Å². The molecule has 5 N–H and O–H groups in total. The van der Waals surface area contributed by atoms with Gasteiger partial charge in [-0.15, -0.1) is 0 Å². The summed E-state index contributed by atoms with van der Waals surface area (Å²) < 4.78 is 0. The third-order valence-corrected chi connectivity index (χ3v) is 12.0. The minimum absolute atomic E-state index is 0.245. The molecule has 5 nitrogen and oxygen atoms in total. The Balaban J connectivity index is 1.23. The van der Waals surface area contributed by atoms with Crippen molar-refractivity contribution in [3.05, 3.63) is 0 Å². The summed E-state index contributed by atoms with van der Waals surface area (Å²) in [4.78, 5) is 12.2. The van der Waals surface area contributed by atoms with E-state index in [9.17, 15) is 4.79 Å². The molecule has 0 saturated heterocycles. The Morgan fingerprint density at radius 1 is 0.868 bits per heavy atom. The molecule has 4 rings (SSSR count). The van der Waals surface area contributed by atoms with E-state index in [1.807, 2.05) is 0 Å². The molecular formula is C33H62N4O. The lowest BCUT2D eigenvalue weighted by molar-refractivity contribution is -0.122. The third-order valence-electron chi connectivity index (χ3n) is 12.0. The van der Waals surface area contributed by atoms with Gasteiger partial charge in [0.1, 0.15) is 0 Å². The van der Waals surface area contributed by atoms with Crippen molar-refractivity contribution >= 4 is 5.91 Å². The molecule has 0 aromatic rings. The Labute approximate surface area is 235 Å². The molecule has 0 aliphatic heterocycles. The molecule has 0 aromatic heterocycles. The van der Waals surface area contributed by atoms with Crippen LogP contribution in [0.1, 0.15) is 124 Å². The van der Waals surface area contributed by atoms with Gasteiger partial charge in [-0.05, 0) is 170 Å². The summed E-state index contributed by atoms with van der Waals surface area (Å²) >= 11 is 0. The van der Waals surface area contributed by atoms with E-state index in [2.05, 4.69) is 43.6 Å². The van der Waals surface area contributed by atoms with Crippen LogP contribution in [0.2, 0.25) is 0 Å². The van der Waals surface area contributed by atoms with Gasteiger partial charge in [-0.3, -0.25) is 4.79 Å². The lowest BCUT2D eigenvalue weighted by Crippen LogP contribution is -2.55. The second-order valence-electron chi connectivity index (χ2n) is 14.6. The SMILES string of the molecule is CC(C)NC(=O)CCCC1CCC2C3CCC4CC(NCCCNCCCCN)CCC4(C)C3CCC12C. The predicted molar refractivity (Wildman–Crippen MR) is 160 cm³/mol. The van der Waals surface area contributed by atoms with E-state index in [-0.39, 0.29) is 11.9 Å². The van der Waals surface area contributed by atoms with Crippen LogP contribution in [0.4, 0.5) is 0 Å². The lowest BCUT2D eigenvalue weighted by Gasteiger charge is -2.61. The number of hydrogen-bond acceptors (Lipinski definition) is 4. The number of carbonyl (C=O) groups is 1. The average molecular weight is 531 g/mol. The molecule has 0 heterocycles. The number of fused-ring (bicyclic) bond motifs is 5. The monoisotopic (exact) mass is 530 g/mol. The summed E-state index contributed by atoms with van der Waals surface area (Å²) in [7, 11) is 0. The van der Waals surface area contributed by atoms with Gasteiger partial charge in [0.15, 0.2) is 0 Å². The highest BCUT2D eigenvalue weighted by Gasteiger charge is 2.59. The second-order valence-corrected chi connectivity index (χ2v) is 14.6. The van der Waals surface area contributed by atoms with Gasteiger partial charge in [-0.1, -0.05) is 13.8 Å². The number of hydrogen-bond donors (Lipinski definition) is 4. The van der Waals surface area contributed by atoms with Crippen molar-refractivity contribution in [3.8, 4) is 0 Å². The van der Waals surface area contributed by atoms with Gasteiger partial charge in [0.05, 0.1) is 0 Å². The average Bonchev–Trinajstić information content (AvgIpc) is 3.21. The highest BCUT2D eigenvalue weighted by molar-refractivity contribution is 5.76. The van der Waals surface area contributed by atoms with Gasteiger partial charge in [0, 0.05) is 18.5 Å². The lowest BCUT2D eigenvalue weighted by atomic mass is 9.44. The van der Waals surface area contributed by atoms with Crippen LogP contribution >= 0.6 is 0 Å². The minimum Gasteiger partial charge on any atom is -0.354 e. The highest BCUT2D eigenvalue weighted by Crippen LogP contribution is 2.67. The fourth-order valence-corrected chi connectivity index (χ4v) is 9.97. The first-order valence-corrected chi connectivity index (χ1v) is 16.7. The van der Waals surface area contributed by atoms with Crippen molar-refractivity contribution < 1.29 is 4.79 Å². The van der Waals surface area contributed by atoms with E-state index in [4.69, 9.17) is 5.73 Å². The van der Waals surface area contributed by atoms with E-state index < -0.39 is 0 Å². The molecule has 5 heteroatoms. The van der Waals surface area contributed by atoms with Gasteiger partial charge < -0.3 is 21.7 Å². The van der Waals surface area contributed by atoms with Gasteiger partial charge in [0.25, 0.3) is 0 Å². The van der Waals surface area contributed by atoms with E-state index in [0.717, 1.165) is 74.7 Å². The minimum atomic E-state index is 0.245. The number of rotatable bonds is 14. The Kier molecular flexibility index (Phi) is 11.0. The van der Waals surface area contributed by atoms with E-state index in [0.29, 0.717) is 17.3 Å². The highest BCUT2D eigenvalue weighted by atomic mass is 16.1. The molecule has 0 spiro atoms. The first-order chi connectivity index (χ1) is 18.3. The zero-order chi connectivity index (χ0) is 27.2. The van der Waals surface area contributed by atoms with E-state index >= 15 is 0 Å². The van der Waals surface area contributed by atoms with E-state index in [1.165, 1.54) is 77.0 Å². The Hall–Kier alpha value is -0.650. The molecule has 220 valence electrons. The maximum atomic E-state index is 12.2. The largest absolute Gasteiger partial charge is 0.354 e. The summed E-state index contributed by atoms with van der Waals surface area (Å²) in [5, 5.41) is 10.6. The quantitative estimate of drug-likeness (QED) is 0.207. The number of unbranched alkanes of at least 4 members (excludes halogenated alkanes) is 1. The van der Waals surface area contributed by atoms with Crippen LogP contribution in [-0.2, 0) is 4.79 Å². The molecule has 4 aliphatic rings. The fraction of sp³-hybridized carbons (Fsp3) is 0.970. The smallest absolute Gasteiger partial charge is 0.220 e. The van der Waals surface area contributed by atoms with Gasteiger partial charge >= 0.3 is 0 Å². The maximum Gasteiger partial charge on any atom is 0.220 e. The Morgan fingerprint density at radius 3 is 2.42 bits per heavy atom. The number of carbonyl (C=O) groups excluding carboxylic acids is 1. The van der Waals surface area contributed by atoms with Crippen LogP contribution in [0, 0.1) is 40.4 Å². The van der Waals surface area contributed by atoms with Crippen molar-refractivity contribution in [2.24, 2.45) is 46.2 Å². The fourth-order valence-electron chi connectivity index (χ4n) is 9.97. The molecule has 4 fully saturated rings. The summed E-state index contributed by atoms with van der Waals surface area (Å²) in [6.07, 6.45) is 19.5. The van der Waals surface area contributed by atoms with Crippen molar-refractivity contribution in [1.82, 2.24) is 16.0 Å². The third kappa shape index (κ3) is 6.97. The second kappa shape index (κ2) is 13.8. The summed E-state index contributed by atoms with van der Waals surface area (Å²) in [5.41, 5.74) is 6.68. The Morgan fingerprint density at radius 2 is 1.63 bits per heavy atom. The van der Waals surface area contributed by atoms with Crippen molar-refractivity contribution in [3.63, 3.8) is 0 Å². The van der Waals surface area contributed by atoms with Crippen LogP contribution in [0.15, 0.2) is 0 Å². The van der Waals surface area contributed by atoms with Crippen molar-refractivity contribution in [2.75, 3.05) is 26.2 Å². The molecule has 4 aliphatic carbocycles. The summed E-state index contributed by atoms with van der Waals surface area (Å²) in [6.45, 7) is 13.7. The molecule has 0 bridgehead atoms. The van der Waals surface area contributed by atoms with Crippen LogP contribution in [0.3, 0.4) is 0 Å². The van der Waals surface area contributed by atoms with Gasteiger partial charge in [0.2, 0.25) is 5.91 Å². The standard InChI is InChI=1S/C33H62N4O/c1-24(2)37-31(38)10-7-9-25-12-14-29-28-13-11-26-23-27(36-22-8-21-35-20-6-5-19-34)15-17-33(26,4)30(28)16-18-32(25,29)3/h24-30,35-36H,5-23,34H2,1-4H3,(H,37,38). The Bertz CT molecular complexity index is 743. The topological polar surface area (TPSA) is 79.2 Å². The van der Waals surface area contributed by atoms with Crippen LogP contribution in [0.5, 0.6) is 0 Å². The van der Waals surface area contributed by atoms with Crippen LogP contribution in [-0.4, -0.2) is 44.2 Å². The first kappa shape index (κ1) is 30.3. The van der Waals surface area contributed by atoms with Crippen molar-refractivity contribution in [1.29, 1.82) is 0 Å². The molecule has 1 amide bonds. The maximum absolute atomic E-state index is 12.2. The summed E-state index contributed by atoms with van der Waals surface area (Å²) in [5.74, 6) is 4.84. The van der Waals surface area contributed by atoms with Crippen LogP contribution < -0.4 is 21.7 Å².